The van der Waals surface area contributed by atoms with Crippen molar-refractivity contribution in [1.29, 1.82) is 0 Å². The van der Waals surface area contributed by atoms with E-state index >= 15 is 0 Å². The summed E-state index contributed by atoms with van der Waals surface area (Å²) >= 11 is 6.15. The number of aromatic nitrogens is 3. The van der Waals surface area contributed by atoms with E-state index < -0.39 is 0 Å². The highest BCUT2D eigenvalue weighted by Crippen LogP contribution is 2.28. The van der Waals surface area contributed by atoms with Crippen LogP contribution in [0, 0.1) is 12.8 Å². The maximum absolute atomic E-state index is 6.15. The van der Waals surface area contributed by atoms with Crippen molar-refractivity contribution >= 4 is 11.6 Å². The Hall–Kier alpha value is -1.35. The van der Waals surface area contributed by atoms with E-state index in [0.29, 0.717) is 11.1 Å². The van der Waals surface area contributed by atoms with Crippen molar-refractivity contribution in [3.05, 3.63) is 35.4 Å². The smallest absolute Gasteiger partial charge is 0.137 e. The summed E-state index contributed by atoms with van der Waals surface area (Å²) in [5.74, 6) is 0.682. The zero-order chi connectivity index (χ0) is 13.1. The van der Waals surface area contributed by atoms with Gasteiger partial charge < -0.3 is 0 Å². The Bertz CT molecular complexity index is 511. The van der Waals surface area contributed by atoms with Crippen LogP contribution in [0.5, 0.6) is 0 Å². The molecular formula is C14H18ClN3. The Kier molecular flexibility index (Phi) is 4.02. The van der Waals surface area contributed by atoms with Crippen LogP contribution in [-0.4, -0.2) is 14.8 Å². The summed E-state index contributed by atoms with van der Waals surface area (Å²) in [5.41, 5.74) is 3.14. The molecule has 0 aliphatic carbocycles. The van der Waals surface area contributed by atoms with Crippen LogP contribution in [0.15, 0.2) is 24.7 Å². The molecule has 0 unspecified atom stereocenters. The first-order chi connectivity index (χ1) is 8.58. The molecule has 0 bridgehead atoms. The number of hydrogen-bond donors (Lipinski definition) is 0. The second-order valence-electron chi connectivity index (χ2n) is 4.97. The summed E-state index contributed by atoms with van der Waals surface area (Å²) in [6.07, 6.45) is 6.75. The molecule has 18 heavy (non-hydrogen) atoms. The van der Waals surface area contributed by atoms with Crippen LogP contribution >= 0.6 is 11.6 Å². The number of pyridine rings is 1. The quantitative estimate of drug-likeness (QED) is 0.782. The van der Waals surface area contributed by atoms with Crippen LogP contribution in [-0.2, 0) is 6.54 Å². The monoisotopic (exact) mass is 263 g/mol. The fraction of sp³-hybridized carbons (Fsp3) is 0.429. The summed E-state index contributed by atoms with van der Waals surface area (Å²) in [5, 5.41) is 4.92. The average molecular weight is 264 g/mol. The molecule has 2 aromatic heterocycles. The third kappa shape index (κ3) is 2.91. The molecule has 0 N–H and O–H groups in total. The van der Waals surface area contributed by atoms with E-state index in [0.717, 1.165) is 29.7 Å². The standard InChI is InChI=1S/C14H18ClN3/c1-10(2)5-7-18-9-12(8-17-18)13-11(3)4-6-16-14(13)15/h4,6,8-10H,5,7H2,1-3H3. The first-order valence-corrected chi connectivity index (χ1v) is 6.59. The first-order valence-electron chi connectivity index (χ1n) is 6.22. The van der Waals surface area contributed by atoms with Crippen molar-refractivity contribution in [2.75, 3.05) is 0 Å². The highest BCUT2D eigenvalue weighted by molar-refractivity contribution is 6.32. The van der Waals surface area contributed by atoms with Gasteiger partial charge in [-0.05, 0) is 30.9 Å². The van der Waals surface area contributed by atoms with E-state index in [1.807, 2.05) is 30.1 Å². The van der Waals surface area contributed by atoms with Crippen LogP contribution in [0.3, 0.4) is 0 Å². The zero-order valence-corrected chi connectivity index (χ0v) is 11.8. The molecule has 0 saturated heterocycles. The van der Waals surface area contributed by atoms with Crippen LogP contribution < -0.4 is 0 Å². The van der Waals surface area contributed by atoms with Crippen molar-refractivity contribution < 1.29 is 0 Å². The topological polar surface area (TPSA) is 30.7 Å². The van der Waals surface area contributed by atoms with Gasteiger partial charge in [-0.15, -0.1) is 0 Å². The summed E-state index contributed by atoms with van der Waals surface area (Å²) in [7, 11) is 0. The van der Waals surface area contributed by atoms with Crippen LogP contribution in [0.4, 0.5) is 0 Å². The minimum atomic E-state index is 0.540. The van der Waals surface area contributed by atoms with E-state index in [1.54, 1.807) is 6.20 Å². The van der Waals surface area contributed by atoms with Gasteiger partial charge in [0.1, 0.15) is 5.15 Å². The Morgan fingerprint density at radius 2 is 2.17 bits per heavy atom. The second-order valence-corrected chi connectivity index (χ2v) is 5.33. The molecule has 0 amide bonds. The molecule has 0 fully saturated rings. The second kappa shape index (κ2) is 5.53. The van der Waals surface area contributed by atoms with Gasteiger partial charge in [0.25, 0.3) is 0 Å². The van der Waals surface area contributed by atoms with Crippen LogP contribution in [0.1, 0.15) is 25.8 Å². The average Bonchev–Trinajstić information content (AvgIpc) is 2.75. The van der Waals surface area contributed by atoms with Crippen LogP contribution in [0.2, 0.25) is 5.15 Å². The van der Waals surface area contributed by atoms with Gasteiger partial charge in [-0.2, -0.15) is 5.10 Å². The lowest BCUT2D eigenvalue weighted by Gasteiger charge is -2.05. The Labute approximate surface area is 113 Å². The van der Waals surface area contributed by atoms with Gasteiger partial charge in [0, 0.05) is 30.1 Å². The minimum Gasteiger partial charge on any atom is -0.272 e. The van der Waals surface area contributed by atoms with E-state index in [4.69, 9.17) is 11.6 Å². The zero-order valence-electron chi connectivity index (χ0n) is 11.0. The van der Waals surface area contributed by atoms with Crippen molar-refractivity contribution in [3.8, 4) is 11.1 Å². The molecular weight excluding hydrogens is 246 g/mol. The van der Waals surface area contributed by atoms with Gasteiger partial charge in [-0.25, -0.2) is 4.98 Å². The van der Waals surface area contributed by atoms with Crippen molar-refractivity contribution in [2.24, 2.45) is 5.92 Å². The van der Waals surface area contributed by atoms with Gasteiger partial charge >= 0.3 is 0 Å². The number of hydrogen-bond acceptors (Lipinski definition) is 2. The summed E-state index contributed by atoms with van der Waals surface area (Å²) < 4.78 is 1.97. The maximum atomic E-state index is 6.15. The number of halogens is 1. The molecule has 0 aliphatic rings. The van der Waals surface area contributed by atoms with Gasteiger partial charge in [-0.1, -0.05) is 25.4 Å². The maximum Gasteiger partial charge on any atom is 0.137 e. The lowest BCUT2D eigenvalue weighted by Crippen LogP contribution is -2.01. The molecule has 4 heteroatoms. The van der Waals surface area contributed by atoms with Gasteiger partial charge in [-0.3, -0.25) is 4.68 Å². The van der Waals surface area contributed by atoms with E-state index in [2.05, 4.69) is 23.9 Å². The van der Waals surface area contributed by atoms with Crippen LogP contribution in [0.25, 0.3) is 11.1 Å². The molecule has 0 aliphatic heterocycles. The Morgan fingerprint density at radius 3 is 2.83 bits per heavy atom. The Morgan fingerprint density at radius 1 is 1.39 bits per heavy atom. The Balaban J connectivity index is 2.24. The molecule has 0 spiro atoms. The lowest BCUT2D eigenvalue weighted by atomic mass is 10.1. The highest BCUT2D eigenvalue weighted by atomic mass is 35.5. The summed E-state index contributed by atoms with van der Waals surface area (Å²) in [4.78, 5) is 4.13. The third-order valence-electron chi connectivity index (χ3n) is 2.97. The normalized spacial score (nSPS) is 11.2. The third-order valence-corrected chi connectivity index (χ3v) is 3.26. The molecule has 0 aromatic carbocycles. The molecule has 0 atom stereocenters. The fourth-order valence-electron chi connectivity index (χ4n) is 1.88. The number of rotatable bonds is 4. The van der Waals surface area contributed by atoms with Crippen molar-refractivity contribution in [3.63, 3.8) is 0 Å². The van der Waals surface area contributed by atoms with Crippen molar-refractivity contribution in [1.82, 2.24) is 14.8 Å². The predicted octanol–water partition coefficient (Wildman–Crippen LogP) is 3.95. The molecule has 0 radical (unpaired) electrons. The summed E-state index contributed by atoms with van der Waals surface area (Å²) in [6, 6.07) is 1.96. The SMILES string of the molecule is Cc1ccnc(Cl)c1-c1cnn(CCC(C)C)c1. The molecule has 2 heterocycles. The van der Waals surface area contributed by atoms with E-state index in [-0.39, 0.29) is 0 Å². The molecule has 2 rings (SSSR count). The van der Waals surface area contributed by atoms with Gasteiger partial charge in [0.15, 0.2) is 0 Å². The summed E-state index contributed by atoms with van der Waals surface area (Å²) in [6.45, 7) is 7.40. The predicted molar refractivity (Wildman–Crippen MR) is 74.7 cm³/mol. The minimum absolute atomic E-state index is 0.540. The fourth-order valence-corrected chi connectivity index (χ4v) is 2.19. The number of aryl methyl sites for hydroxylation is 2. The van der Waals surface area contributed by atoms with Crippen molar-refractivity contribution in [2.45, 2.75) is 33.7 Å². The molecule has 2 aromatic rings. The van der Waals surface area contributed by atoms with E-state index in [9.17, 15) is 0 Å². The van der Waals surface area contributed by atoms with Gasteiger partial charge in [0.05, 0.1) is 6.20 Å². The lowest BCUT2D eigenvalue weighted by molar-refractivity contribution is 0.487. The molecule has 0 saturated carbocycles. The first kappa shape index (κ1) is 13.1. The van der Waals surface area contributed by atoms with Gasteiger partial charge in [0.2, 0.25) is 0 Å². The molecule has 96 valence electrons. The highest BCUT2D eigenvalue weighted by Gasteiger charge is 2.10. The largest absolute Gasteiger partial charge is 0.272 e. The van der Waals surface area contributed by atoms with E-state index in [1.165, 1.54) is 0 Å². The molecule has 3 nitrogen and oxygen atoms in total. The number of nitrogens with zero attached hydrogens (tertiary/aromatic N) is 3.